The molecular formula is C15H31N3O. The lowest BCUT2D eigenvalue weighted by molar-refractivity contribution is 0.0290. The number of morpholine rings is 1. The van der Waals surface area contributed by atoms with E-state index in [1.807, 2.05) is 0 Å². The summed E-state index contributed by atoms with van der Waals surface area (Å²) in [6.45, 7) is 16.9. The predicted octanol–water partition coefficient (Wildman–Crippen LogP) is 1.17. The molecule has 0 aromatic carbocycles. The first-order valence-electron chi connectivity index (χ1n) is 7.77. The van der Waals surface area contributed by atoms with Gasteiger partial charge in [0.05, 0.1) is 13.2 Å². The van der Waals surface area contributed by atoms with Crippen LogP contribution < -0.4 is 5.32 Å². The molecule has 1 N–H and O–H groups in total. The Morgan fingerprint density at radius 2 is 1.89 bits per heavy atom. The van der Waals surface area contributed by atoms with Gasteiger partial charge in [-0.2, -0.15) is 0 Å². The Hall–Kier alpha value is -0.160. The Kier molecular flexibility index (Phi) is 5.23. The number of ether oxygens (including phenoxy) is 1. The van der Waals surface area contributed by atoms with Gasteiger partial charge in [0, 0.05) is 50.3 Å². The molecule has 0 saturated carbocycles. The molecule has 2 rings (SSSR count). The van der Waals surface area contributed by atoms with E-state index in [1.165, 1.54) is 32.6 Å². The third kappa shape index (κ3) is 4.42. The number of rotatable bonds is 3. The maximum absolute atomic E-state index is 5.54. The first kappa shape index (κ1) is 15.2. The third-order valence-electron chi connectivity index (χ3n) is 4.51. The molecule has 0 aliphatic carbocycles. The molecular weight excluding hydrogens is 238 g/mol. The van der Waals surface area contributed by atoms with Gasteiger partial charge in [-0.1, -0.05) is 0 Å². The van der Waals surface area contributed by atoms with Crippen LogP contribution in [0.4, 0.5) is 0 Å². The van der Waals surface area contributed by atoms with Crippen LogP contribution in [0.15, 0.2) is 0 Å². The molecule has 2 heterocycles. The monoisotopic (exact) mass is 269 g/mol. The largest absolute Gasteiger partial charge is 0.379 e. The molecule has 112 valence electrons. The van der Waals surface area contributed by atoms with E-state index in [2.05, 4.69) is 42.8 Å². The highest BCUT2D eigenvalue weighted by atomic mass is 16.5. The van der Waals surface area contributed by atoms with Crippen LogP contribution in [0.5, 0.6) is 0 Å². The van der Waals surface area contributed by atoms with E-state index < -0.39 is 0 Å². The Morgan fingerprint density at radius 1 is 1.21 bits per heavy atom. The fourth-order valence-corrected chi connectivity index (χ4v) is 3.17. The van der Waals surface area contributed by atoms with E-state index in [4.69, 9.17) is 4.74 Å². The topological polar surface area (TPSA) is 27.7 Å². The van der Waals surface area contributed by atoms with Crippen molar-refractivity contribution in [2.24, 2.45) is 0 Å². The van der Waals surface area contributed by atoms with Crippen molar-refractivity contribution in [2.75, 3.05) is 45.9 Å². The van der Waals surface area contributed by atoms with Crippen molar-refractivity contribution < 1.29 is 4.74 Å². The fraction of sp³-hybridized carbons (Fsp3) is 1.00. The summed E-state index contributed by atoms with van der Waals surface area (Å²) in [5, 5.41) is 3.56. The quantitative estimate of drug-likeness (QED) is 0.832. The minimum absolute atomic E-state index is 0.314. The summed E-state index contributed by atoms with van der Waals surface area (Å²) in [6, 6.07) is 1.20. The Bertz CT molecular complexity index is 263. The molecule has 0 radical (unpaired) electrons. The number of piperazine rings is 1. The number of hydrogen-bond acceptors (Lipinski definition) is 4. The standard InChI is InChI=1S/C15H31N3O/c1-13(11-14-12-19-10-5-16-14)17-6-8-18(9-7-17)15(2,3)4/h13-14,16H,5-12H2,1-4H3. The van der Waals surface area contributed by atoms with Crippen molar-refractivity contribution >= 4 is 0 Å². The second-order valence-corrected chi connectivity index (χ2v) is 7.00. The van der Waals surface area contributed by atoms with Crippen molar-refractivity contribution in [2.45, 2.75) is 51.7 Å². The summed E-state index contributed by atoms with van der Waals surface area (Å²) >= 11 is 0. The van der Waals surface area contributed by atoms with Gasteiger partial charge in [0.2, 0.25) is 0 Å². The normalized spacial score (nSPS) is 29.4. The van der Waals surface area contributed by atoms with Crippen LogP contribution >= 0.6 is 0 Å². The van der Waals surface area contributed by atoms with E-state index in [0.29, 0.717) is 17.6 Å². The minimum atomic E-state index is 0.314. The third-order valence-corrected chi connectivity index (χ3v) is 4.51. The molecule has 2 atom stereocenters. The highest BCUT2D eigenvalue weighted by Crippen LogP contribution is 2.18. The smallest absolute Gasteiger partial charge is 0.0620 e. The van der Waals surface area contributed by atoms with Gasteiger partial charge in [-0.25, -0.2) is 0 Å². The molecule has 2 aliphatic rings. The molecule has 2 fully saturated rings. The molecule has 0 spiro atoms. The summed E-state index contributed by atoms with van der Waals surface area (Å²) in [6.07, 6.45) is 1.20. The number of nitrogens with one attached hydrogen (secondary N) is 1. The van der Waals surface area contributed by atoms with Crippen molar-refractivity contribution in [3.63, 3.8) is 0 Å². The second kappa shape index (κ2) is 6.53. The maximum Gasteiger partial charge on any atom is 0.0620 e. The van der Waals surface area contributed by atoms with Crippen molar-refractivity contribution in [3.8, 4) is 0 Å². The molecule has 2 saturated heterocycles. The van der Waals surface area contributed by atoms with E-state index in [9.17, 15) is 0 Å². The average molecular weight is 269 g/mol. The predicted molar refractivity (Wildman–Crippen MR) is 79.6 cm³/mol. The lowest BCUT2D eigenvalue weighted by Crippen LogP contribution is -2.56. The van der Waals surface area contributed by atoms with Crippen molar-refractivity contribution in [3.05, 3.63) is 0 Å². The molecule has 4 nitrogen and oxygen atoms in total. The zero-order chi connectivity index (χ0) is 13.9. The minimum Gasteiger partial charge on any atom is -0.379 e. The molecule has 2 unspecified atom stereocenters. The highest BCUT2D eigenvalue weighted by molar-refractivity contribution is 4.85. The van der Waals surface area contributed by atoms with Crippen LogP contribution in [0.1, 0.15) is 34.1 Å². The van der Waals surface area contributed by atoms with E-state index in [1.54, 1.807) is 0 Å². The molecule has 0 bridgehead atoms. The molecule has 4 heteroatoms. The second-order valence-electron chi connectivity index (χ2n) is 7.00. The molecule has 0 aromatic heterocycles. The SMILES string of the molecule is CC(CC1COCCN1)N1CCN(C(C)(C)C)CC1. The van der Waals surface area contributed by atoms with Gasteiger partial charge in [-0.15, -0.1) is 0 Å². The van der Waals surface area contributed by atoms with Crippen LogP contribution in [0.2, 0.25) is 0 Å². The summed E-state index contributed by atoms with van der Waals surface area (Å²) in [5.74, 6) is 0. The zero-order valence-corrected chi connectivity index (χ0v) is 13.1. The Morgan fingerprint density at radius 3 is 2.42 bits per heavy atom. The summed E-state index contributed by atoms with van der Waals surface area (Å²) in [7, 11) is 0. The van der Waals surface area contributed by atoms with E-state index >= 15 is 0 Å². The van der Waals surface area contributed by atoms with Crippen LogP contribution in [-0.2, 0) is 4.74 Å². The van der Waals surface area contributed by atoms with E-state index in [0.717, 1.165) is 19.8 Å². The van der Waals surface area contributed by atoms with Gasteiger partial charge < -0.3 is 10.1 Å². The van der Waals surface area contributed by atoms with Gasteiger partial charge >= 0.3 is 0 Å². The van der Waals surface area contributed by atoms with Gasteiger partial charge in [0.25, 0.3) is 0 Å². The maximum atomic E-state index is 5.54. The zero-order valence-electron chi connectivity index (χ0n) is 13.1. The molecule has 19 heavy (non-hydrogen) atoms. The van der Waals surface area contributed by atoms with Crippen molar-refractivity contribution in [1.82, 2.24) is 15.1 Å². The van der Waals surface area contributed by atoms with Crippen LogP contribution in [0, 0.1) is 0 Å². The first-order chi connectivity index (χ1) is 8.97. The Balaban J connectivity index is 1.74. The van der Waals surface area contributed by atoms with Crippen LogP contribution in [0.3, 0.4) is 0 Å². The van der Waals surface area contributed by atoms with Gasteiger partial charge in [-0.05, 0) is 34.1 Å². The van der Waals surface area contributed by atoms with Crippen LogP contribution in [-0.4, -0.2) is 73.4 Å². The average Bonchev–Trinajstić information content (AvgIpc) is 2.39. The van der Waals surface area contributed by atoms with Gasteiger partial charge in [-0.3, -0.25) is 9.80 Å². The summed E-state index contributed by atoms with van der Waals surface area (Å²) < 4.78 is 5.54. The van der Waals surface area contributed by atoms with E-state index in [-0.39, 0.29) is 0 Å². The molecule has 0 amide bonds. The van der Waals surface area contributed by atoms with Crippen LogP contribution in [0.25, 0.3) is 0 Å². The molecule has 0 aromatic rings. The lowest BCUT2D eigenvalue weighted by Gasteiger charge is -2.44. The summed E-state index contributed by atoms with van der Waals surface area (Å²) in [4.78, 5) is 5.23. The number of nitrogens with zero attached hydrogens (tertiary/aromatic N) is 2. The van der Waals surface area contributed by atoms with Gasteiger partial charge in [0.15, 0.2) is 0 Å². The fourth-order valence-electron chi connectivity index (χ4n) is 3.17. The first-order valence-corrected chi connectivity index (χ1v) is 7.77. The molecule has 2 aliphatic heterocycles. The Labute approximate surface area is 118 Å². The highest BCUT2D eigenvalue weighted by Gasteiger charge is 2.28. The van der Waals surface area contributed by atoms with Crippen molar-refractivity contribution in [1.29, 1.82) is 0 Å². The number of hydrogen-bond donors (Lipinski definition) is 1. The van der Waals surface area contributed by atoms with Gasteiger partial charge in [0.1, 0.15) is 0 Å². The summed E-state index contributed by atoms with van der Waals surface area (Å²) in [5.41, 5.74) is 0.314. The lowest BCUT2D eigenvalue weighted by atomic mass is 10.0.